The minimum absolute atomic E-state index is 0.355. The fourth-order valence-corrected chi connectivity index (χ4v) is 1.45. The van der Waals surface area contributed by atoms with Gasteiger partial charge in [-0.3, -0.25) is 0 Å². The summed E-state index contributed by atoms with van der Waals surface area (Å²) in [5, 5.41) is 2.94. The van der Waals surface area contributed by atoms with Crippen molar-refractivity contribution < 1.29 is 9.53 Å². The number of ether oxygens (including phenoxy) is 1. The summed E-state index contributed by atoms with van der Waals surface area (Å²) in [6.07, 6.45) is 6.80. The van der Waals surface area contributed by atoms with E-state index in [-0.39, 0.29) is 5.97 Å². The molecule has 0 aromatic carbocycles. The van der Waals surface area contributed by atoms with Crippen molar-refractivity contribution in [2.75, 3.05) is 13.2 Å². The van der Waals surface area contributed by atoms with E-state index in [1.54, 1.807) is 6.92 Å². The summed E-state index contributed by atoms with van der Waals surface area (Å²) in [5.41, 5.74) is 7.04. The standard InChI is InChI=1S/C12H18N2O2/c1-3-5-6-7-9-8-14-11(13)10(9)12(15)16-4-2/h5-7,14H,3-4,8,13H2,1-2H3/b6-5-,9-7+. The largest absolute Gasteiger partial charge is 0.462 e. The van der Waals surface area contributed by atoms with Crippen LogP contribution >= 0.6 is 0 Å². The second-order valence-corrected chi connectivity index (χ2v) is 3.39. The fourth-order valence-electron chi connectivity index (χ4n) is 1.45. The Hall–Kier alpha value is -1.71. The van der Waals surface area contributed by atoms with Gasteiger partial charge in [-0.2, -0.15) is 0 Å². The molecule has 0 saturated carbocycles. The number of hydrogen-bond donors (Lipinski definition) is 2. The summed E-state index contributed by atoms with van der Waals surface area (Å²) in [6.45, 7) is 4.76. The maximum atomic E-state index is 11.6. The third kappa shape index (κ3) is 2.89. The smallest absolute Gasteiger partial charge is 0.342 e. The molecule has 1 rings (SSSR count). The minimum atomic E-state index is -0.360. The van der Waals surface area contributed by atoms with E-state index in [2.05, 4.69) is 12.2 Å². The highest BCUT2D eigenvalue weighted by Crippen LogP contribution is 2.18. The Morgan fingerprint density at radius 3 is 2.94 bits per heavy atom. The first-order chi connectivity index (χ1) is 7.70. The lowest BCUT2D eigenvalue weighted by Crippen LogP contribution is -2.17. The first-order valence-electron chi connectivity index (χ1n) is 5.47. The van der Waals surface area contributed by atoms with Gasteiger partial charge in [-0.05, 0) is 18.9 Å². The number of nitrogens with two attached hydrogens (primary N) is 1. The van der Waals surface area contributed by atoms with Crippen molar-refractivity contribution in [1.29, 1.82) is 0 Å². The maximum absolute atomic E-state index is 11.6. The van der Waals surface area contributed by atoms with Crippen molar-refractivity contribution in [2.24, 2.45) is 5.73 Å². The van der Waals surface area contributed by atoms with Crippen molar-refractivity contribution in [1.82, 2.24) is 5.32 Å². The number of nitrogens with one attached hydrogen (secondary N) is 1. The van der Waals surface area contributed by atoms with E-state index in [4.69, 9.17) is 10.5 Å². The predicted octanol–water partition coefficient (Wildman–Crippen LogP) is 1.22. The summed E-state index contributed by atoms with van der Waals surface area (Å²) in [6, 6.07) is 0. The van der Waals surface area contributed by atoms with Crippen LogP contribution in [0.15, 0.2) is 35.2 Å². The van der Waals surface area contributed by atoms with Crippen LogP contribution in [-0.4, -0.2) is 19.1 Å². The minimum Gasteiger partial charge on any atom is -0.462 e. The van der Waals surface area contributed by atoms with Gasteiger partial charge >= 0.3 is 5.97 Å². The van der Waals surface area contributed by atoms with Crippen LogP contribution in [0.25, 0.3) is 0 Å². The van der Waals surface area contributed by atoms with Gasteiger partial charge in [0.2, 0.25) is 0 Å². The molecule has 0 aromatic rings. The van der Waals surface area contributed by atoms with Gasteiger partial charge in [-0.1, -0.05) is 25.2 Å². The van der Waals surface area contributed by atoms with Crippen molar-refractivity contribution >= 4 is 5.97 Å². The van der Waals surface area contributed by atoms with E-state index >= 15 is 0 Å². The van der Waals surface area contributed by atoms with Gasteiger partial charge < -0.3 is 15.8 Å². The highest BCUT2D eigenvalue weighted by molar-refractivity contribution is 5.95. The van der Waals surface area contributed by atoms with E-state index in [0.717, 1.165) is 12.0 Å². The number of allylic oxidation sites excluding steroid dienone is 3. The van der Waals surface area contributed by atoms with E-state index in [9.17, 15) is 4.79 Å². The third-order valence-corrected chi connectivity index (χ3v) is 2.21. The molecule has 16 heavy (non-hydrogen) atoms. The van der Waals surface area contributed by atoms with Gasteiger partial charge in [0.1, 0.15) is 11.4 Å². The number of carbonyl (C=O) groups excluding carboxylic acids is 1. The van der Waals surface area contributed by atoms with Gasteiger partial charge in [0, 0.05) is 6.54 Å². The van der Waals surface area contributed by atoms with Gasteiger partial charge in [0.15, 0.2) is 0 Å². The predicted molar refractivity (Wildman–Crippen MR) is 63.4 cm³/mol. The van der Waals surface area contributed by atoms with Gasteiger partial charge in [-0.15, -0.1) is 0 Å². The second kappa shape index (κ2) is 6.00. The molecule has 88 valence electrons. The summed E-state index contributed by atoms with van der Waals surface area (Å²) < 4.78 is 4.95. The lowest BCUT2D eigenvalue weighted by Gasteiger charge is -2.03. The lowest BCUT2D eigenvalue weighted by atomic mass is 10.1. The van der Waals surface area contributed by atoms with Crippen molar-refractivity contribution in [3.8, 4) is 0 Å². The summed E-state index contributed by atoms with van der Waals surface area (Å²) >= 11 is 0. The molecule has 0 saturated heterocycles. The molecule has 0 aromatic heterocycles. The maximum Gasteiger partial charge on any atom is 0.342 e. The van der Waals surface area contributed by atoms with Crippen LogP contribution in [0, 0.1) is 0 Å². The van der Waals surface area contributed by atoms with E-state index in [0.29, 0.717) is 24.5 Å². The van der Waals surface area contributed by atoms with Crippen molar-refractivity contribution in [3.63, 3.8) is 0 Å². The molecule has 1 aliphatic rings. The molecule has 4 heteroatoms. The Kier molecular flexibility index (Phi) is 4.64. The monoisotopic (exact) mass is 222 g/mol. The van der Waals surface area contributed by atoms with E-state index in [1.807, 2.05) is 18.2 Å². The Morgan fingerprint density at radius 2 is 2.31 bits per heavy atom. The molecule has 0 atom stereocenters. The topological polar surface area (TPSA) is 64.3 Å². The SMILES string of the molecule is CC/C=C\C=C1/CNC(N)=C1C(=O)OCC. The van der Waals surface area contributed by atoms with Crippen LogP contribution in [0.5, 0.6) is 0 Å². The van der Waals surface area contributed by atoms with Gasteiger partial charge in [0.25, 0.3) is 0 Å². The van der Waals surface area contributed by atoms with Crippen LogP contribution in [0.2, 0.25) is 0 Å². The second-order valence-electron chi connectivity index (χ2n) is 3.39. The molecule has 0 amide bonds. The van der Waals surface area contributed by atoms with Crippen LogP contribution < -0.4 is 11.1 Å². The zero-order valence-corrected chi connectivity index (χ0v) is 9.75. The number of hydrogen-bond acceptors (Lipinski definition) is 4. The fraction of sp³-hybridized carbons (Fsp3) is 0.417. The molecule has 4 nitrogen and oxygen atoms in total. The molecule has 0 fully saturated rings. The molecule has 0 bridgehead atoms. The number of esters is 1. The summed E-state index contributed by atoms with van der Waals surface area (Å²) in [7, 11) is 0. The average Bonchev–Trinajstić information content (AvgIpc) is 2.61. The van der Waals surface area contributed by atoms with Gasteiger partial charge in [0.05, 0.1) is 6.61 Å². The van der Waals surface area contributed by atoms with Crippen LogP contribution in [0.1, 0.15) is 20.3 Å². The highest BCUT2D eigenvalue weighted by atomic mass is 16.5. The van der Waals surface area contributed by atoms with Crippen molar-refractivity contribution in [2.45, 2.75) is 20.3 Å². The molecular weight excluding hydrogens is 204 g/mol. The first-order valence-corrected chi connectivity index (χ1v) is 5.47. The molecule has 1 aliphatic heterocycles. The lowest BCUT2D eigenvalue weighted by molar-refractivity contribution is -0.138. The van der Waals surface area contributed by atoms with Gasteiger partial charge in [-0.25, -0.2) is 4.79 Å². The molecule has 0 radical (unpaired) electrons. The van der Waals surface area contributed by atoms with Crippen molar-refractivity contribution in [3.05, 3.63) is 35.2 Å². The summed E-state index contributed by atoms with van der Waals surface area (Å²) in [5.74, 6) is 0.0377. The Morgan fingerprint density at radius 1 is 1.56 bits per heavy atom. The quantitative estimate of drug-likeness (QED) is 0.702. The Labute approximate surface area is 95.8 Å². The molecule has 0 aliphatic carbocycles. The van der Waals surface area contributed by atoms with E-state index < -0.39 is 0 Å². The molecule has 1 heterocycles. The zero-order valence-electron chi connectivity index (χ0n) is 9.75. The Bertz CT molecular complexity index is 354. The van der Waals surface area contributed by atoms with Crippen LogP contribution in [0.4, 0.5) is 0 Å². The first kappa shape index (κ1) is 12.4. The molecular formula is C12H18N2O2. The van der Waals surface area contributed by atoms with Crippen LogP contribution in [-0.2, 0) is 9.53 Å². The number of rotatable bonds is 4. The molecule has 0 spiro atoms. The van der Waals surface area contributed by atoms with E-state index in [1.165, 1.54) is 0 Å². The zero-order chi connectivity index (χ0) is 12.0. The average molecular weight is 222 g/mol. The van der Waals surface area contributed by atoms with Crippen LogP contribution in [0.3, 0.4) is 0 Å². The molecule has 3 N–H and O–H groups in total. The summed E-state index contributed by atoms with van der Waals surface area (Å²) in [4.78, 5) is 11.6. The highest BCUT2D eigenvalue weighted by Gasteiger charge is 2.24. The molecule has 0 unspecified atom stereocenters. The Balaban J connectivity index is 2.85. The normalized spacial score (nSPS) is 18.2. The third-order valence-electron chi connectivity index (χ3n) is 2.21. The number of carbonyl (C=O) groups is 1.